The molecule has 2 unspecified atom stereocenters. The van der Waals surface area contributed by atoms with Gasteiger partial charge in [-0.2, -0.15) is 0 Å². The number of anilines is 3. The fraction of sp³-hybridized carbons (Fsp3) is 0.188. The molecule has 0 radical (unpaired) electrons. The monoisotopic (exact) mass is 775 g/mol. The molecule has 1 saturated heterocycles. The predicted octanol–water partition coefficient (Wildman–Crippen LogP) is -0.666. The Kier molecular flexibility index (Phi) is 7.34. The van der Waals surface area contributed by atoms with E-state index in [2.05, 4.69) is 38.0 Å². The van der Waals surface area contributed by atoms with Crippen molar-refractivity contribution in [1.29, 1.82) is 0 Å². The van der Waals surface area contributed by atoms with E-state index in [1.165, 1.54) is 18.5 Å². The molecule has 0 spiro atoms. The molecule has 2 aromatic heterocycles. The number of H-pyrrole nitrogens is 1. The number of carbonyl (C=O) groups excluding carboxylic acids is 4. The number of carbonyl (C=O) groups is 4. The van der Waals surface area contributed by atoms with E-state index in [4.69, 9.17) is 0 Å². The van der Waals surface area contributed by atoms with E-state index in [0.717, 1.165) is 16.2 Å². The zero-order valence-corrected chi connectivity index (χ0v) is 27.6. The summed E-state index contributed by atoms with van der Waals surface area (Å²) >= 11 is -0.982. The number of aromatic amines is 1. The van der Waals surface area contributed by atoms with Crippen LogP contribution in [-0.2, 0) is 16.6 Å². The maximum absolute atomic E-state index is 14.6. The van der Waals surface area contributed by atoms with Gasteiger partial charge in [-0.05, 0) is 0 Å². The van der Waals surface area contributed by atoms with Gasteiger partial charge in [-0.1, -0.05) is 0 Å². The Morgan fingerprint density at radius 1 is 1.00 bits per heavy atom. The van der Waals surface area contributed by atoms with Crippen molar-refractivity contribution in [3.8, 4) is 0 Å². The first-order chi connectivity index (χ1) is 23.7. The van der Waals surface area contributed by atoms with Gasteiger partial charge in [0, 0.05) is 0 Å². The number of hydrogen-bond donors (Lipinski definition) is 5. The van der Waals surface area contributed by atoms with Crippen LogP contribution >= 0.6 is 0 Å². The number of rotatable bonds is 7. The summed E-state index contributed by atoms with van der Waals surface area (Å²) in [6, 6.07) is 13.6. The van der Waals surface area contributed by atoms with Crippen LogP contribution in [0.3, 0.4) is 0 Å². The summed E-state index contributed by atoms with van der Waals surface area (Å²) in [7, 11) is 1.77. The van der Waals surface area contributed by atoms with Crippen LogP contribution in [-0.4, -0.2) is 59.5 Å². The van der Waals surface area contributed by atoms with Crippen LogP contribution in [0.2, 0.25) is 0 Å². The van der Waals surface area contributed by atoms with Gasteiger partial charge in [-0.25, -0.2) is 0 Å². The molecule has 248 valence electrons. The van der Waals surface area contributed by atoms with Crippen LogP contribution in [0.5, 0.6) is 0 Å². The molecule has 4 amide bonds. The van der Waals surface area contributed by atoms with Gasteiger partial charge in [-0.15, -0.1) is 0 Å². The van der Waals surface area contributed by atoms with Gasteiger partial charge in [0.2, 0.25) is 0 Å². The first-order valence-corrected chi connectivity index (χ1v) is 17.3. The number of hydrogen-bond acceptors (Lipinski definition) is 11. The number of amides is 4. The maximum atomic E-state index is 14.6. The van der Waals surface area contributed by atoms with Gasteiger partial charge >= 0.3 is 288 Å². The molecule has 3 aromatic carbocycles. The first kappa shape index (κ1) is 30.6. The number of aryl methyl sites for hydroxylation is 1. The van der Waals surface area contributed by atoms with Gasteiger partial charge in [0.05, 0.1) is 0 Å². The molecule has 17 heteroatoms. The third kappa shape index (κ3) is 5.07. The Morgan fingerprint density at radius 2 is 1.82 bits per heavy atom. The standard InChI is InChI=1S/C32H25FIN10O5/c1-43-28(35-13-36-43)25-26(37-20-12-15(33)11-18-23(20)27(25)41-42-29(18)46)14-5-7-16(8-6-14)39-34-40-19-4-2-3-17-24(19)32(49)44(31(17)48)21-9-10-22(45)38-30(21)47/h2-8,11-13,21,25-26,37,39-40H,9-10H2,1H3,(H,42,46)(H,38,45,47)/q-1/t21?,25-,26?/m1/s1. The number of benzene rings is 3. The van der Waals surface area contributed by atoms with Crippen LogP contribution in [0.25, 0.3) is 10.8 Å². The van der Waals surface area contributed by atoms with Crippen LogP contribution in [0.1, 0.15) is 62.6 Å². The summed E-state index contributed by atoms with van der Waals surface area (Å²) < 4.78 is 22.9. The van der Waals surface area contributed by atoms with Crippen molar-refractivity contribution in [3.05, 3.63) is 105 Å². The molecule has 15 nitrogen and oxygen atoms in total. The zero-order chi connectivity index (χ0) is 34.0. The normalized spacial score (nSPS) is 20.0. The molecule has 5 aromatic rings. The summed E-state index contributed by atoms with van der Waals surface area (Å²) in [5.74, 6) is -2.68. The molecule has 3 atom stereocenters. The van der Waals surface area contributed by atoms with Gasteiger partial charge in [0.1, 0.15) is 0 Å². The Bertz CT molecular complexity index is 2290. The number of halogens is 2. The minimum atomic E-state index is -1.05. The van der Waals surface area contributed by atoms with Crippen molar-refractivity contribution in [3.63, 3.8) is 0 Å². The fourth-order valence-corrected chi connectivity index (χ4v) is 8.19. The quantitative estimate of drug-likeness (QED) is 0.0800. The third-order valence-electron chi connectivity index (χ3n) is 8.89. The summed E-state index contributed by atoms with van der Waals surface area (Å²) in [5.41, 5.74) is 2.98. The van der Waals surface area contributed by atoms with E-state index in [-0.39, 0.29) is 29.4 Å². The number of nitrogens with one attached hydrogen (secondary N) is 5. The van der Waals surface area contributed by atoms with Gasteiger partial charge in [0.15, 0.2) is 0 Å². The third-order valence-corrected chi connectivity index (χ3v) is 10.6. The molecule has 3 aliphatic heterocycles. The Balaban J connectivity index is 1.02. The molecule has 5 heterocycles. The van der Waals surface area contributed by atoms with E-state index < -0.39 is 74.8 Å². The van der Waals surface area contributed by atoms with Crippen LogP contribution in [0.4, 0.5) is 21.5 Å². The number of imide groups is 2. The Labute approximate surface area is 286 Å². The topological polar surface area (TPSA) is 196 Å². The zero-order valence-electron chi connectivity index (χ0n) is 25.5. The van der Waals surface area contributed by atoms with Crippen molar-refractivity contribution in [1.82, 2.24) is 35.2 Å². The predicted molar refractivity (Wildman–Crippen MR) is 168 cm³/mol. The van der Waals surface area contributed by atoms with E-state index in [9.17, 15) is 28.4 Å². The molecular formula is C32H25FIN10O5-. The summed E-state index contributed by atoms with van der Waals surface area (Å²) in [4.78, 5) is 68.6. The number of fused-ring (bicyclic) bond motifs is 1. The average Bonchev–Trinajstić information content (AvgIpc) is 3.62. The number of nitrogens with zero attached hydrogens (tertiary/aromatic N) is 5. The van der Waals surface area contributed by atoms with E-state index in [1.54, 1.807) is 29.9 Å². The van der Waals surface area contributed by atoms with E-state index >= 15 is 0 Å². The average molecular weight is 776 g/mol. The molecular weight excluding hydrogens is 750 g/mol. The van der Waals surface area contributed by atoms with Crippen molar-refractivity contribution < 1.29 is 45.3 Å². The fourth-order valence-electron chi connectivity index (χ4n) is 6.65. The van der Waals surface area contributed by atoms with Gasteiger partial charge < -0.3 is 0 Å². The molecule has 8 rings (SSSR count). The summed E-state index contributed by atoms with van der Waals surface area (Å²) in [5, 5.41) is 17.5. The molecule has 0 aliphatic carbocycles. The molecule has 49 heavy (non-hydrogen) atoms. The second-order valence-corrected chi connectivity index (χ2v) is 13.4. The van der Waals surface area contributed by atoms with Crippen LogP contribution < -0.4 is 45.0 Å². The first-order valence-electron chi connectivity index (χ1n) is 15.1. The van der Waals surface area contributed by atoms with Crippen molar-refractivity contribution in [2.45, 2.75) is 30.8 Å². The van der Waals surface area contributed by atoms with Gasteiger partial charge in [0.25, 0.3) is 0 Å². The Hall–Kier alpha value is -5.72. The minimum absolute atomic E-state index is 0.0422. The Morgan fingerprint density at radius 3 is 2.57 bits per heavy atom. The van der Waals surface area contributed by atoms with Crippen molar-refractivity contribution in [2.75, 3.05) is 12.4 Å². The van der Waals surface area contributed by atoms with Crippen LogP contribution in [0, 0.1) is 5.82 Å². The number of aromatic nitrogens is 5. The second-order valence-electron chi connectivity index (χ2n) is 11.7. The molecule has 3 aliphatic rings. The van der Waals surface area contributed by atoms with Gasteiger partial charge in [-0.3, -0.25) is 0 Å². The molecule has 0 saturated carbocycles. The second kappa shape index (κ2) is 11.8. The summed E-state index contributed by atoms with van der Waals surface area (Å²) in [6.07, 6.45) is 1.56. The number of piperidine rings is 1. The van der Waals surface area contributed by atoms with Crippen LogP contribution in [0.15, 0.2) is 65.7 Å². The van der Waals surface area contributed by atoms with E-state index in [0.29, 0.717) is 28.3 Å². The van der Waals surface area contributed by atoms with Crippen molar-refractivity contribution >= 4 is 51.5 Å². The molecule has 5 N–H and O–H groups in total. The van der Waals surface area contributed by atoms with E-state index in [1.807, 2.05) is 24.3 Å². The molecule has 1 fully saturated rings. The SMILES string of the molecule is Cn1ncnc1[C@H]1c2n[nH]c(=O)c3cc(F)cc(c23)NC1c1ccc(N[I-]Nc2cccc3c2C(=O)N(C2CCC(=O)NC2=O)C3=O)cc1. The summed E-state index contributed by atoms with van der Waals surface area (Å²) in [6.45, 7) is 0. The molecule has 0 bridgehead atoms. The van der Waals surface area contributed by atoms with Crippen molar-refractivity contribution in [2.24, 2.45) is 7.05 Å².